The number of benzene rings is 3. The van der Waals surface area contributed by atoms with Gasteiger partial charge in [0.25, 0.3) is 5.91 Å². The van der Waals surface area contributed by atoms with E-state index in [1.54, 1.807) is 74.2 Å². The number of pyridine rings is 1. The van der Waals surface area contributed by atoms with Crippen molar-refractivity contribution < 1.29 is 28.2 Å². The number of thiazole rings is 1. The zero-order chi connectivity index (χ0) is 27.4. The van der Waals surface area contributed by atoms with Crippen LogP contribution in [0.5, 0.6) is 11.5 Å². The van der Waals surface area contributed by atoms with E-state index in [1.165, 1.54) is 23.5 Å². The molecule has 0 atom stereocenters. The Morgan fingerprint density at radius 2 is 1.62 bits per heavy atom. The Balaban J connectivity index is 1.28. The lowest BCUT2D eigenvalue weighted by Gasteiger charge is -2.10. The molecule has 3 aromatic carbocycles. The Kier molecular flexibility index (Phi) is 7.46. The molecule has 0 saturated heterocycles. The first-order valence-corrected chi connectivity index (χ1v) is 12.6. The Morgan fingerprint density at radius 3 is 2.38 bits per heavy atom. The first kappa shape index (κ1) is 25.8. The maximum absolute atomic E-state index is 13.4. The predicted octanol–water partition coefficient (Wildman–Crippen LogP) is 5.98. The monoisotopic (exact) mass is 543 g/mol. The van der Waals surface area contributed by atoms with E-state index in [1.807, 2.05) is 6.07 Å². The molecule has 5 rings (SSSR count). The Bertz CT molecular complexity index is 1670. The molecule has 0 aliphatic carbocycles. The number of anilines is 1. The number of carbonyl (C=O) groups excluding carboxylic acids is 2. The summed E-state index contributed by atoms with van der Waals surface area (Å²) in [6.45, 7) is -0.507. The highest BCUT2D eigenvalue weighted by atomic mass is 32.1. The fourth-order valence-corrected chi connectivity index (χ4v) is 4.67. The lowest BCUT2D eigenvalue weighted by Crippen LogP contribution is -2.21. The van der Waals surface area contributed by atoms with Crippen LogP contribution in [-0.4, -0.2) is 42.7 Å². The van der Waals surface area contributed by atoms with Crippen LogP contribution in [0.1, 0.15) is 10.4 Å². The largest absolute Gasteiger partial charge is 0.493 e. The second-order valence-electron chi connectivity index (χ2n) is 8.31. The summed E-state index contributed by atoms with van der Waals surface area (Å²) in [7, 11) is 3.11. The van der Waals surface area contributed by atoms with Gasteiger partial charge in [0.2, 0.25) is 0 Å². The summed E-state index contributed by atoms with van der Waals surface area (Å²) in [4.78, 5) is 34.6. The average molecular weight is 544 g/mol. The molecular weight excluding hydrogens is 521 g/mol. The summed E-state index contributed by atoms with van der Waals surface area (Å²) in [6.07, 6.45) is 0. The molecule has 0 bridgehead atoms. The normalized spacial score (nSPS) is 10.7. The highest BCUT2D eigenvalue weighted by Crippen LogP contribution is 2.33. The van der Waals surface area contributed by atoms with E-state index in [9.17, 15) is 14.0 Å². The molecular formula is C29H22FN3O5S. The third kappa shape index (κ3) is 5.70. The van der Waals surface area contributed by atoms with Crippen LogP contribution in [0.4, 0.5) is 9.52 Å². The second-order valence-corrected chi connectivity index (χ2v) is 9.17. The molecule has 5 aromatic rings. The number of carbonyl (C=O) groups is 2. The molecule has 10 heteroatoms. The number of halogens is 1. The van der Waals surface area contributed by atoms with Gasteiger partial charge in [-0.1, -0.05) is 18.2 Å². The summed E-state index contributed by atoms with van der Waals surface area (Å²) in [5, 5.41) is 5.38. The maximum atomic E-state index is 13.4. The van der Waals surface area contributed by atoms with Crippen molar-refractivity contribution in [3.63, 3.8) is 0 Å². The number of ether oxygens (including phenoxy) is 3. The minimum atomic E-state index is -0.683. The Morgan fingerprint density at radius 1 is 0.872 bits per heavy atom. The van der Waals surface area contributed by atoms with Crippen molar-refractivity contribution in [2.45, 2.75) is 0 Å². The molecule has 0 unspecified atom stereocenters. The second kappa shape index (κ2) is 11.3. The molecule has 0 spiro atoms. The fourth-order valence-electron chi connectivity index (χ4n) is 3.94. The van der Waals surface area contributed by atoms with E-state index in [0.29, 0.717) is 44.5 Å². The molecule has 0 saturated carbocycles. The number of para-hydroxylation sites is 1. The molecule has 0 aliphatic rings. The number of hydrogen-bond acceptors (Lipinski definition) is 8. The smallest absolute Gasteiger partial charge is 0.339 e. The minimum Gasteiger partial charge on any atom is -0.493 e. The van der Waals surface area contributed by atoms with Crippen LogP contribution >= 0.6 is 11.3 Å². The molecule has 196 valence electrons. The molecule has 2 aromatic heterocycles. The molecule has 8 nitrogen and oxygen atoms in total. The van der Waals surface area contributed by atoms with E-state index in [0.717, 1.165) is 5.56 Å². The lowest BCUT2D eigenvalue weighted by atomic mass is 10.0. The standard InChI is InChI=1S/C29H22FN3O5S/c1-36-25-12-9-18(13-26(25)37-2)24-16-39-29(32-24)33-27(34)15-38-28(35)21-14-23(17-7-10-19(30)11-8-17)31-22-6-4-3-5-20(21)22/h3-14,16H,15H2,1-2H3,(H,32,33,34). The van der Waals surface area contributed by atoms with Crippen molar-refractivity contribution in [3.8, 4) is 34.0 Å². The van der Waals surface area contributed by atoms with Crippen molar-refractivity contribution in [2.75, 3.05) is 26.1 Å². The number of hydrogen-bond donors (Lipinski definition) is 1. The average Bonchev–Trinajstić information content (AvgIpc) is 3.43. The van der Waals surface area contributed by atoms with Gasteiger partial charge in [-0.25, -0.2) is 19.2 Å². The SMILES string of the molecule is COc1ccc(-c2csc(NC(=O)COC(=O)c3cc(-c4ccc(F)cc4)nc4ccccc34)n2)cc1OC. The summed E-state index contributed by atoms with van der Waals surface area (Å²) >= 11 is 1.24. The van der Waals surface area contributed by atoms with Crippen LogP contribution in [0.3, 0.4) is 0 Å². The van der Waals surface area contributed by atoms with Crippen LogP contribution in [0, 0.1) is 5.82 Å². The predicted molar refractivity (Wildman–Crippen MR) is 147 cm³/mol. The van der Waals surface area contributed by atoms with Crippen LogP contribution in [0.15, 0.2) is 78.2 Å². The van der Waals surface area contributed by atoms with Crippen LogP contribution < -0.4 is 14.8 Å². The van der Waals surface area contributed by atoms with E-state index < -0.39 is 18.5 Å². The highest BCUT2D eigenvalue weighted by Gasteiger charge is 2.18. The van der Waals surface area contributed by atoms with Gasteiger partial charge in [-0.15, -0.1) is 11.3 Å². The lowest BCUT2D eigenvalue weighted by molar-refractivity contribution is -0.119. The van der Waals surface area contributed by atoms with Gasteiger partial charge in [0, 0.05) is 21.9 Å². The molecule has 0 aliphatic heterocycles. The van der Waals surface area contributed by atoms with Gasteiger partial charge in [0.15, 0.2) is 23.2 Å². The number of amides is 1. The molecule has 1 N–H and O–H groups in total. The van der Waals surface area contributed by atoms with Gasteiger partial charge >= 0.3 is 5.97 Å². The molecule has 39 heavy (non-hydrogen) atoms. The number of fused-ring (bicyclic) bond motifs is 1. The number of nitrogens with one attached hydrogen (secondary N) is 1. The molecule has 0 fully saturated rings. The summed E-state index contributed by atoms with van der Waals surface area (Å²) in [6, 6.07) is 19.9. The van der Waals surface area contributed by atoms with Crippen molar-refractivity contribution in [1.82, 2.24) is 9.97 Å². The van der Waals surface area contributed by atoms with Crippen molar-refractivity contribution in [2.24, 2.45) is 0 Å². The number of esters is 1. The van der Waals surface area contributed by atoms with Gasteiger partial charge in [-0.05, 0) is 54.6 Å². The quantitative estimate of drug-likeness (QED) is 0.241. The first-order valence-electron chi connectivity index (χ1n) is 11.8. The minimum absolute atomic E-state index is 0.248. The molecule has 0 radical (unpaired) electrons. The number of methoxy groups -OCH3 is 2. The summed E-state index contributed by atoms with van der Waals surface area (Å²) in [5.74, 6) is -0.433. The van der Waals surface area contributed by atoms with Gasteiger partial charge in [-0.2, -0.15) is 0 Å². The van der Waals surface area contributed by atoms with Crippen molar-refractivity contribution in [3.05, 3.63) is 89.6 Å². The van der Waals surface area contributed by atoms with E-state index >= 15 is 0 Å². The van der Waals surface area contributed by atoms with Crippen LogP contribution in [0.2, 0.25) is 0 Å². The number of aromatic nitrogens is 2. The van der Waals surface area contributed by atoms with E-state index in [2.05, 4.69) is 15.3 Å². The van der Waals surface area contributed by atoms with E-state index in [4.69, 9.17) is 14.2 Å². The summed E-state index contributed by atoms with van der Waals surface area (Å²) in [5.41, 5.74) is 3.37. The van der Waals surface area contributed by atoms with Gasteiger partial charge in [0.05, 0.1) is 36.7 Å². The number of rotatable bonds is 8. The van der Waals surface area contributed by atoms with Crippen molar-refractivity contribution >= 4 is 39.2 Å². The molecule has 2 heterocycles. The van der Waals surface area contributed by atoms with Crippen molar-refractivity contribution in [1.29, 1.82) is 0 Å². The maximum Gasteiger partial charge on any atom is 0.339 e. The van der Waals surface area contributed by atoms with Crippen LogP contribution in [0.25, 0.3) is 33.4 Å². The van der Waals surface area contributed by atoms with Gasteiger partial charge in [0.1, 0.15) is 5.82 Å². The zero-order valence-corrected chi connectivity index (χ0v) is 21.8. The third-order valence-electron chi connectivity index (χ3n) is 5.84. The molecule has 1 amide bonds. The highest BCUT2D eigenvalue weighted by molar-refractivity contribution is 7.14. The topological polar surface area (TPSA) is 99.6 Å². The van der Waals surface area contributed by atoms with Gasteiger partial charge in [-0.3, -0.25) is 10.1 Å². The fraction of sp³-hybridized carbons (Fsp3) is 0.103. The number of nitrogens with zero attached hydrogens (tertiary/aromatic N) is 2. The summed E-state index contributed by atoms with van der Waals surface area (Å²) < 4.78 is 29.3. The Labute approximate surface area is 227 Å². The first-order chi connectivity index (χ1) is 18.9. The zero-order valence-electron chi connectivity index (χ0n) is 20.9. The Hall–Kier alpha value is -4.83. The van der Waals surface area contributed by atoms with E-state index in [-0.39, 0.29) is 11.4 Å². The van der Waals surface area contributed by atoms with Gasteiger partial charge < -0.3 is 14.2 Å². The van der Waals surface area contributed by atoms with Crippen LogP contribution in [-0.2, 0) is 9.53 Å². The third-order valence-corrected chi connectivity index (χ3v) is 6.60.